The fraction of sp³-hybridized carbons (Fsp3) is 0.917. The third-order valence-electron chi connectivity index (χ3n) is 2.79. The van der Waals surface area contributed by atoms with E-state index in [9.17, 15) is 4.79 Å². The third kappa shape index (κ3) is 5.48. The Hall–Kier alpha value is -0.650. The zero-order valence-electron chi connectivity index (χ0n) is 10.7. The van der Waals surface area contributed by atoms with Crippen molar-refractivity contribution in [3.8, 4) is 0 Å². The summed E-state index contributed by atoms with van der Waals surface area (Å²) in [5, 5.41) is 3.13. The van der Waals surface area contributed by atoms with Gasteiger partial charge in [0.1, 0.15) is 6.04 Å². The van der Waals surface area contributed by atoms with Gasteiger partial charge < -0.3 is 19.5 Å². The Morgan fingerprint density at radius 3 is 2.76 bits per heavy atom. The van der Waals surface area contributed by atoms with Crippen LogP contribution in [0.3, 0.4) is 0 Å². The van der Waals surface area contributed by atoms with Crippen LogP contribution in [-0.2, 0) is 19.0 Å². The molecular weight excluding hydrogens is 222 g/mol. The maximum absolute atomic E-state index is 11.5. The molecule has 0 aromatic rings. The predicted octanol–water partition coefficient (Wildman–Crippen LogP) is 0.723. The molecular formula is C12H23NO4. The zero-order chi connectivity index (χ0) is 12.5. The Labute approximate surface area is 103 Å². The molecule has 0 bridgehead atoms. The van der Waals surface area contributed by atoms with Gasteiger partial charge in [0.15, 0.2) is 0 Å². The predicted molar refractivity (Wildman–Crippen MR) is 63.9 cm³/mol. The molecule has 1 rings (SSSR count). The summed E-state index contributed by atoms with van der Waals surface area (Å²) in [5.74, 6) is -0.259. The van der Waals surface area contributed by atoms with Crippen molar-refractivity contribution in [3.63, 3.8) is 0 Å². The number of hydrogen-bond donors (Lipinski definition) is 1. The summed E-state index contributed by atoms with van der Waals surface area (Å²) in [4.78, 5) is 11.5. The van der Waals surface area contributed by atoms with Crippen LogP contribution >= 0.6 is 0 Å². The maximum Gasteiger partial charge on any atom is 0.325 e. The molecule has 0 spiro atoms. The topological polar surface area (TPSA) is 56.8 Å². The molecule has 1 aliphatic heterocycles. The number of ether oxygens (including phenoxy) is 3. The Balaban J connectivity index is 2.28. The highest BCUT2D eigenvalue weighted by atomic mass is 16.5. The standard InChI is InChI=1S/C12H23NO4/c1-3-6-13-11(12(14)15-2)9-17-10-4-7-16-8-5-10/h10-11,13H,3-9H2,1-2H3. The molecule has 0 saturated carbocycles. The van der Waals surface area contributed by atoms with E-state index in [-0.39, 0.29) is 18.1 Å². The van der Waals surface area contributed by atoms with Gasteiger partial charge in [-0.25, -0.2) is 0 Å². The van der Waals surface area contributed by atoms with Crippen molar-refractivity contribution < 1.29 is 19.0 Å². The second-order valence-electron chi connectivity index (χ2n) is 4.17. The smallest absolute Gasteiger partial charge is 0.325 e. The minimum atomic E-state index is -0.359. The van der Waals surface area contributed by atoms with E-state index < -0.39 is 0 Å². The molecule has 1 aliphatic rings. The molecule has 0 amide bonds. The van der Waals surface area contributed by atoms with E-state index in [1.807, 2.05) is 0 Å². The molecule has 1 fully saturated rings. The van der Waals surface area contributed by atoms with Crippen molar-refractivity contribution in [3.05, 3.63) is 0 Å². The van der Waals surface area contributed by atoms with Gasteiger partial charge in [0, 0.05) is 13.2 Å². The fourth-order valence-corrected chi connectivity index (χ4v) is 1.75. The van der Waals surface area contributed by atoms with E-state index in [4.69, 9.17) is 14.2 Å². The number of hydrogen-bond acceptors (Lipinski definition) is 5. The summed E-state index contributed by atoms with van der Waals surface area (Å²) >= 11 is 0. The van der Waals surface area contributed by atoms with Crippen LogP contribution in [0.4, 0.5) is 0 Å². The van der Waals surface area contributed by atoms with Crippen LogP contribution in [0.25, 0.3) is 0 Å². The molecule has 0 aromatic heterocycles. The first-order valence-corrected chi connectivity index (χ1v) is 6.28. The lowest BCUT2D eigenvalue weighted by Crippen LogP contribution is -2.43. The minimum Gasteiger partial charge on any atom is -0.468 e. The van der Waals surface area contributed by atoms with Gasteiger partial charge >= 0.3 is 5.97 Å². The van der Waals surface area contributed by atoms with Crippen LogP contribution in [0.5, 0.6) is 0 Å². The highest BCUT2D eigenvalue weighted by Crippen LogP contribution is 2.10. The van der Waals surface area contributed by atoms with Gasteiger partial charge in [0.2, 0.25) is 0 Å². The number of rotatable bonds is 7. The molecule has 1 saturated heterocycles. The van der Waals surface area contributed by atoms with Gasteiger partial charge in [-0.1, -0.05) is 6.92 Å². The van der Waals surface area contributed by atoms with E-state index in [1.165, 1.54) is 7.11 Å². The van der Waals surface area contributed by atoms with E-state index in [2.05, 4.69) is 12.2 Å². The summed E-state index contributed by atoms with van der Waals surface area (Å²) in [7, 11) is 1.40. The first-order valence-electron chi connectivity index (χ1n) is 6.28. The molecule has 1 unspecified atom stereocenters. The van der Waals surface area contributed by atoms with Crippen LogP contribution in [0.15, 0.2) is 0 Å². The van der Waals surface area contributed by atoms with Crippen molar-refractivity contribution in [1.29, 1.82) is 0 Å². The zero-order valence-corrected chi connectivity index (χ0v) is 10.7. The third-order valence-corrected chi connectivity index (χ3v) is 2.79. The highest BCUT2D eigenvalue weighted by Gasteiger charge is 2.21. The first-order chi connectivity index (χ1) is 8.27. The number of carbonyl (C=O) groups excluding carboxylic acids is 1. The molecule has 5 nitrogen and oxygen atoms in total. The number of esters is 1. The molecule has 1 heterocycles. The van der Waals surface area contributed by atoms with Gasteiger partial charge in [0.25, 0.3) is 0 Å². The SMILES string of the molecule is CCCNC(COC1CCOCC1)C(=O)OC. The van der Waals surface area contributed by atoms with Gasteiger partial charge in [-0.2, -0.15) is 0 Å². The van der Waals surface area contributed by atoms with Gasteiger partial charge in [-0.3, -0.25) is 4.79 Å². The molecule has 100 valence electrons. The van der Waals surface area contributed by atoms with Gasteiger partial charge in [-0.05, 0) is 25.8 Å². The Morgan fingerprint density at radius 1 is 1.47 bits per heavy atom. The average Bonchev–Trinajstić information content (AvgIpc) is 2.39. The normalized spacial score (nSPS) is 18.9. The number of nitrogens with one attached hydrogen (secondary N) is 1. The molecule has 5 heteroatoms. The first kappa shape index (κ1) is 14.4. The summed E-state index contributed by atoms with van der Waals surface area (Å²) in [5.41, 5.74) is 0. The highest BCUT2D eigenvalue weighted by molar-refractivity contribution is 5.75. The fourth-order valence-electron chi connectivity index (χ4n) is 1.75. The second kappa shape index (κ2) is 8.44. The van der Waals surface area contributed by atoms with Crippen LogP contribution in [0.1, 0.15) is 26.2 Å². The largest absolute Gasteiger partial charge is 0.468 e. The van der Waals surface area contributed by atoms with Crippen LogP contribution in [0.2, 0.25) is 0 Å². The summed E-state index contributed by atoms with van der Waals surface area (Å²) < 4.78 is 15.7. The van der Waals surface area contributed by atoms with Gasteiger partial charge in [-0.15, -0.1) is 0 Å². The number of methoxy groups -OCH3 is 1. The Bertz CT molecular complexity index is 217. The second-order valence-corrected chi connectivity index (χ2v) is 4.17. The van der Waals surface area contributed by atoms with Crippen molar-refractivity contribution >= 4 is 5.97 Å². The molecule has 0 aromatic carbocycles. The lowest BCUT2D eigenvalue weighted by molar-refractivity contribution is -0.146. The maximum atomic E-state index is 11.5. The summed E-state index contributed by atoms with van der Waals surface area (Å²) in [6.07, 6.45) is 2.99. The Kier molecular flexibility index (Phi) is 7.16. The Morgan fingerprint density at radius 2 is 2.18 bits per heavy atom. The molecule has 0 radical (unpaired) electrons. The lowest BCUT2D eigenvalue weighted by Gasteiger charge is -2.24. The molecule has 1 atom stereocenters. The molecule has 1 N–H and O–H groups in total. The molecule has 17 heavy (non-hydrogen) atoms. The lowest BCUT2D eigenvalue weighted by atomic mass is 10.1. The van der Waals surface area contributed by atoms with Crippen molar-refractivity contribution in [1.82, 2.24) is 5.32 Å². The van der Waals surface area contributed by atoms with Crippen molar-refractivity contribution in [2.75, 3.05) is 33.5 Å². The molecule has 0 aliphatic carbocycles. The van der Waals surface area contributed by atoms with E-state index in [0.29, 0.717) is 6.61 Å². The van der Waals surface area contributed by atoms with Crippen molar-refractivity contribution in [2.24, 2.45) is 0 Å². The van der Waals surface area contributed by atoms with E-state index in [0.717, 1.165) is 39.0 Å². The van der Waals surface area contributed by atoms with E-state index >= 15 is 0 Å². The quantitative estimate of drug-likeness (QED) is 0.670. The summed E-state index contributed by atoms with van der Waals surface area (Å²) in [6.45, 7) is 4.71. The summed E-state index contributed by atoms with van der Waals surface area (Å²) in [6, 6.07) is -0.359. The van der Waals surface area contributed by atoms with E-state index in [1.54, 1.807) is 0 Å². The number of carbonyl (C=O) groups is 1. The van der Waals surface area contributed by atoms with Crippen LogP contribution in [-0.4, -0.2) is 51.6 Å². The van der Waals surface area contributed by atoms with Crippen LogP contribution in [0, 0.1) is 0 Å². The van der Waals surface area contributed by atoms with Gasteiger partial charge in [0.05, 0.1) is 19.8 Å². The van der Waals surface area contributed by atoms with Crippen molar-refractivity contribution in [2.45, 2.75) is 38.3 Å². The van der Waals surface area contributed by atoms with Crippen LogP contribution < -0.4 is 5.32 Å². The monoisotopic (exact) mass is 245 g/mol. The minimum absolute atomic E-state index is 0.208. The average molecular weight is 245 g/mol.